The Kier molecular flexibility index (Phi) is 3.76. The van der Waals surface area contributed by atoms with Crippen LogP contribution in [0.3, 0.4) is 0 Å². The predicted molar refractivity (Wildman–Crippen MR) is 58.8 cm³/mol. The van der Waals surface area contributed by atoms with Gasteiger partial charge in [0.25, 0.3) is 0 Å². The monoisotopic (exact) mass is 213 g/mol. The minimum atomic E-state index is -0.169. The van der Waals surface area contributed by atoms with Gasteiger partial charge in [0.05, 0.1) is 0 Å². The second-order valence-electron chi connectivity index (χ2n) is 3.85. The van der Waals surface area contributed by atoms with Crippen molar-refractivity contribution in [1.29, 1.82) is 0 Å². The van der Waals surface area contributed by atoms with Gasteiger partial charge in [0, 0.05) is 18.1 Å². The minimum absolute atomic E-state index is 0.169. The van der Waals surface area contributed by atoms with Crippen LogP contribution in [-0.4, -0.2) is 10.6 Å². The summed E-state index contributed by atoms with van der Waals surface area (Å²) in [5.74, 6) is 1.14. The van der Waals surface area contributed by atoms with Gasteiger partial charge in [0.15, 0.2) is 0 Å². The van der Waals surface area contributed by atoms with Gasteiger partial charge in [-0.05, 0) is 31.9 Å². The van der Waals surface area contributed by atoms with Crippen molar-refractivity contribution in [2.75, 3.05) is 0 Å². The van der Waals surface area contributed by atoms with Crippen LogP contribution in [0.1, 0.15) is 32.8 Å². The normalized spacial score (nSPS) is 11.4. The Hall–Kier alpha value is -0.760. The molecule has 0 aromatic carbocycles. The number of ether oxygens (including phenoxy) is 1. The van der Waals surface area contributed by atoms with Crippen molar-refractivity contribution >= 4 is 11.6 Å². The molecule has 0 radical (unpaired) electrons. The zero-order valence-electron chi connectivity index (χ0n) is 8.88. The van der Waals surface area contributed by atoms with E-state index < -0.39 is 0 Å². The van der Waals surface area contributed by atoms with Crippen LogP contribution in [0.2, 0.25) is 0 Å². The fraction of sp³-hybridized carbons (Fsp3) is 0.545. The summed E-state index contributed by atoms with van der Waals surface area (Å²) in [6.45, 7) is 6.18. The highest BCUT2D eigenvalue weighted by atomic mass is 35.5. The molecule has 2 nitrogen and oxygen atoms in total. The van der Waals surface area contributed by atoms with Crippen LogP contribution in [0.5, 0.6) is 5.88 Å². The minimum Gasteiger partial charge on any atom is -0.472 e. The maximum absolute atomic E-state index is 5.72. The van der Waals surface area contributed by atoms with E-state index in [4.69, 9.17) is 16.3 Å². The van der Waals surface area contributed by atoms with Gasteiger partial charge >= 0.3 is 0 Å². The molecule has 1 aromatic rings. The zero-order valence-corrected chi connectivity index (χ0v) is 9.64. The second-order valence-corrected chi connectivity index (χ2v) is 4.12. The van der Waals surface area contributed by atoms with Crippen LogP contribution in [0, 0.1) is 0 Å². The van der Waals surface area contributed by atoms with Gasteiger partial charge in [-0.1, -0.05) is 6.92 Å². The van der Waals surface area contributed by atoms with E-state index in [1.54, 1.807) is 6.20 Å². The first kappa shape index (κ1) is 11.3. The van der Waals surface area contributed by atoms with Crippen molar-refractivity contribution in [3.63, 3.8) is 0 Å². The van der Waals surface area contributed by atoms with E-state index >= 15 is 0 Å². The Bertz CT molecular complexity index is 299. The van der Waals surface area contributed by atoms with Crippen molar-refractivity contribution in [2.24, 2.45) is 0 Å². The van der Waals surface area contributed by atoms with Gasteiger partial charge in [0.1, 0.15) is 5.60 Å². The fourth-order valence-corrected chi connectivity index (χ4v) is 1.11. The quantitative estimate of drug-likeness (QED) is 0.716. The van der Waals surface area contributed by atoms with Crippen LogP contribution >= 0.6 is 11.6 Å². The highest BCUT2D eigenvalue weighted by Gasteiger charge is 2.17. The summed E-state index contributed by atoms with van der Waals surface area (Å²) in [5, 5.41) is 0. The first-order chi connectivity index (χ1) is 6.57. The number of pyridine rings is 1. The van der Waals surface area contributed by atoms with Crippen LogP contribution in [0.15, 0.2) is 18.3 Å². The molecule has 0 saturated carbocycles. The summed E-state index contributed by atoms with van der Waals surface area (Å²) >= 11 is 5.72. The number of alkyl halides is 1. The summed E-state index contributed by atoms with van der Waals surface area (Å²) < 4.78 is 5.72. The molecule has 1 rings (SSSR count). The summed E-state index contributed by atoms with van der Waals surface area (Å²) in [4.78, 5) is 4.14. The van der Waals surface area contributed by atoms with Gasteiger partial charge in [-0.2, -0.15) is 0 Å². The molecule has 0 fully saturated rings. The summed E-state index contributed by atoms with van der Waals surface area (Å²) in [6.07, 6.45) is 2.67. The van der Waals surface area contributed by atoms with Crippen molar-refractivity contribution in [3.8, 4) is 5.88 Å². The Labute approximate surface area is 90.3 Å². The van der Waals surface area contributed by atoms with E-state index in [0.717, 1.165) is 12.0 Å². The topological polar surface area (TPSA) is 22.1 Å². The van der Waals surface area contributed by atoms with Gasteiger partial charge < -0.3 is 4.74 Å². The number of halogens is 1. The number of rotatable bonds is 4. The molecule has 0 aliphatic carbocycles. The first-order valence-electron chi connectivity index (χ1n) is 4.77. The summed E-state index contributed by atoms with van der Waals surface area (Å²) in [6, 6.07) is 3.77. The van der Waals surface area contributed by atoms with Gasteiger partial charge in [-0.3, -0.25) is 0 Å². The Morgan fingerprint density at radius 3 is 2.79 bits per heavy atom. The highest BCUT2D eigenvalue weighted by molar-refractivity contribution is 6.17. The average Bonchev–Trinajstić information content (AvgIpc) is 2.17. The highest BCUT2D eigenvalue weighted by Crippen LogP contribution is 2.19. The maximum atomic E-state index is 5.72. The van der Waals surface area contributed by atoms with Crippen LogP contribution in [0.25, 0.3) is 0 Å². The standard InChI is InChI=1S/C11H16ClNO/c1-4-11(2,3)14-10-7-9(8-12)5-6-13-10/h5-7H,4,8H2,1-3H3. The van der Waals surface area contributed by atoms with E-state index in [2.05, 4.69) is 11.9 Å². The third-order valence-electron chi connectivity index (χ3n) is 2.19. The molecule has 1 heterocycles. The molecule has 78 valence electrons. The van der Waals surface area contributed by atoms with E-state index in [1.807, 2.05) is 26.0 Å². The number of hydrogen-bond donors (Lipinski definition) is 0. The third kappa shape index (κ3) is 3.18. The van der Waals surface area contributed by atoms with E-state index in [1.165, 1.54) is 0 Å². The molecule has 0 aliphatic rings. The molecule has 14 heavy (non-hydrogen) atoms. The van der Waals surface area contributed by atoms with Crippen molar-refractivity contribution in [3.05, 3.63) is 23.9 Å². The van der Waals surface area contributed by atoms with Crippen LogP contribution in [-0.2, 0) is 5.88 Å². The Morgan fingerprint density at radius 1 is 1.50 bits per heavy atom. The lowest BCUT2D eigenvalue weighted by Gasteiger charge is -2.24. The van der Waals surface area contributed by atoms with Crippen LogP contribution in [0.4, 0.5) is 0 Å². The van der Waals surface area contributed by atoms with E-state index in [-0.39, 0.29) is 5.60 Å². The maximum Gasteiger partial charge on any atom is 0.214 e. The molecule has 3 heteroatoms. The number of nitrogens with zero attached hydrogens (tertiary/aromatic N) is 1. The van der Waals surface area contributed by atoms with Crippen molar-refractivity contribution < 1.29 is 4.74 Å². The fourth-order valence-electron chi connectivity index (χ4n) is 0.945. The SMILES string of the molecule is CCC(C)(C)Oc1cc(CCl)ccn1. The smallest absolute Gasteiger partial charge is 0.214 e. The number of aromatic nitrogens is 1. The molecular weight excluding hydrogens is 198 g/mol. The predicted octanol–water partition coefficient (Wildman–Crippen LogP) is 3.39. The largest absolute Gasteiger partial charge is 0.472 e. The molecule has 0 N–H and O–H groups in total. The second kappa shape index (κ2) is 4.65. The van der Waals surface area contributed by atoms with Crippen molar-refractivity contribution in [2.45, 2.75) is 38.7 Å². The Balaban J connectivity index is 2.76. The Morgan fingerprint density at radius 2 is 2.21 bits per heavy atom. The lowest BCUT2D eigenvalue weighted by molar-refractivity contribution is 0.0989. The first-order valence-corrected chi connectivity index (χ1v) is 5.31. The molecule has 0 bridgehead atoms. The molecule has 1 aromatic heterocycles. The molecule has 0 unspecified atom stereocenters. The van der Waals surface area contributed by atoms with Crippen LogP contribution < -0.4 is 4.74 Å². The van der Waals surface area contributed by atoms with Gasteiger partial charge in [0.2, 0.25) is 5.88 Å². The molecule has 0 amide bonds. The lowest BCUT2D eigenvalue weighted by Crippen LogP contribution is -2.27. The molecule has 0 atom stereocenters. The molecule has 0 spiro atoms. The van der Waals surface area contributed by atoms with E-state index in [0.29, 0.717) is 11.8 Å². The average molecular weight is 214 g/mol. The van der Waals surface area contributed by atoms with Gasteiger partial charge in [-0.15, -0.1) is 11.6 Å². The van der Waals surface area contributed by atoms with Gasteiger partial charge in [-0.25, -0.2) is 4.98 Å². The lowest BCUT2D eigenvalue weighted by atomic mass is 10.1. The zero-order chi connectivity index (χ0) is 10.6. The van der Waals surface area contributed by atoms with E-state index in [9.17, 15) is 0 Å². The summed E-state index contributed by atoms with van der Waals surface area (Å²) in [5.41, 5.74) is 0.862. The van der Waals surface area contributed by atoms with Crippen molar-refractivity contribution in [1.82, 2.24) is 4.98 Å². The third-order valence-corrected chi connectivity index (χ3v) is 2.49. The molecule has 0 aliphatic heterocycles. The number of hydrogen-bond acceptors (Lipinski definition) is 2. The molecular formula is C11H16ClNO. The molecule has 0 saturated heterocycles. The summed E-state index contributed by atoms with van der Waals surface area (Å²) in [7, 11) is 0.